The monoisotopic (exact) mass is 249 g/mol. The van der Waals surface area contributed by atoms with Crippen molar-refractivity contribution in [1.29, 1.82) is 0 Å². The molecule has 2 rings (SSSR count). The van der Waals surface area contributed by atoms with Crippen molar-refractivity contribution < 1.29 is 14.3 Å². The van der Waals surface area contributed by atoms with Crippen LogP contribution in [0.3, 0.4) is 0 Å². The Kier molecular flexibility index (Phi) is 4.07. The normalized spacial score (nSPS) is 16.9. The number of fused-ring (bicyclic) bond motifs is 1. The summed E-state index contributed by atoms with van der Waals surface area (Å²) in [7, 11) is 1.41. The first-order chi connectivity index (χ1) is 8.76. The summed E-state index contributed by atoms with van der Waals surface area (Å²) < 4.78 is 10.5. The maximum atomic E-state index is 11.5. The number of esters is 1. The highest BCUT2D eigenvalue weighted by molar-refractivity contribution is 5.83. The van der Waals surface area contributed by atoms with E-state index in [0.29, 0.717) is 6.42 Å². The molecule has 1 atom stereocenters. The Bertz CT molecular complexity index is 431. The fourth-order valence-corrected chi connectivity index (χ4v) is 2.10. The van der Waals surface area contributed by atoms with Crippen molar-refractivity contribution in [3.63, 3.8) is 0 Å². The first-order valence-corrected chi connectivity index (χ1v) is 6.35. The average Bonchev–Trinajstić information content (AvgIpc) is 2.83. The molecule has 1 aromatic rings. The fourth-order valence-electron chi connectivity index (χ4n) is 2.10. The van der Waals surface area contributed by atoms with Gasteiger partial charge in [0.1, 0.15) is 11.8 Å². The van der Waals surface area contributed by atoms with E-state index in [2.05, 4.69) is 12.2 Å². The number of hydrogen-bond donors (Lipinski definition) is 1. The third-order valence-corrected chi connectivity index (χ3v) is 3.11. The topological polar surface area (TPSA) is 47.6 Å². The minimum Gasteiger partial charge on any atom is -0.493 e. The fraction of sp³-hybridized carbons (Fsp3) is 0.500. The molecule has 0 saturated carbocycles. The molecule has 4 nitrogen and oxygen atoms in total. The molecule has 0 saturated heterocycles. The summed E-state index contributed by atoms with van der Waals surface area (Å²) in [6, 6.07) is 5.56. The maximum absolute atomic E-state index is 11.5. The average molecular weight is 249 g/mol. The Morgan fingerprint density at radius 2 is 2.33 bits per heavy atom. The molecule has 98 valence electrons. The van der Waals surface area contributed by atoms with Crippen LogP contribution in [0.2, 0.25) is 0 Å². The second kappa shape index (κ2) is 5.76. The summed E-state index contributed by atoms with van der Waals surface area (Å²) in [6.45, 7) is 2.85. The number of hydrogen-bond acceptors (Lipinski definition) is 4. The second-order valence-corrected chi connectivity index (χ2v) is 4.41. The molecule has 18 heavy (non-hydrogen) atoms. The summed E-state index contributed by atoms with van der Waals surface area (Å²) in [4.78, 5) is 11.5. The Hall–Kier alpha value is -1.71. The van der Waals surface area contributed by atoms with Gasteiger partial charge in [-0.25, -0.2) is 4.79 Å². The minimum absolute atomic E-state index is 0.231. The predicted molar refractivity (Wildman–Crippen MR) is 70.0 cm³/mol. The van der Waals surface area contributed by atoms with Gasteiger partial charge in [0.25, 0.3) is 0 Å². The molecular formula is C14H19NO3. The van der Waals surface area contributed by atoms with Crippen LogP contribution in [-0.4, -0.2) is 25.7 Å². The van der Waals surface area contributed by atoms with Gasteiger partial charge in [-0.2, -0.15) is 0 Å². The number of anilines is 1. The molecule has 1 heterocycles. The molecule has 1 aliphatic rings. The molecule has 0 aromatic heterocycles. The quantitative estimate of drug-likeness (QED) is 0.643. The van der Waals surface area contributed by atoms with Crippen LogP contribution in [0.1, 0.15) is 25.3 Å². The maximum Gasteiger partial charge on any atom is 0.328 e. The number of rotatable bonds is 5. The predicted octanol–water partition coefficient (Wildman–Crippen LogP) is 2.38. The zero-order valence-corrected chi connectivity index (χ0v) is 10.9. The van der Waals surface area contributed by atoms with Gasteiger partial charge in [0.15, 0.2) is 0 Å². The first kappa shape index (κ1) is 12.7. The van der Waals surface area contributed by atoms with Crippen LogP contribution in [0.5, 0.6) is 5.75 Å². The van der Waals surface area contributed by atoms with Crippen molar-refractivity contribution >= 4 is 11.7 Å². The van der Waals surface area contributed by atoms with Gasteiger partial charge in [-0.3, -0.25) is 0 Å². The second-order valence-electron chi connectivity index (χ2n) is 4.41. The van der Waals surface area contributed by atoms with Crippen LogP contribution in [-0.2, 0) is 16.0 Å². The molecule has 4 heteroatoms. The molecule has 0 amide bonds. The lowest BCUT2D eigenvalue weighted by molar-refractivity contribution is -0.141. The van der Waals surface area contributed by atoms with Crippen LogP contribution in [0, 0.1) is 0 Å². The number of methoxy groups -OCH3 is 1. The van der Waals surface area contributed by atoms with Gasteiger partial charge in [-0.1, -0.05) is 19.4 Å². The van der Waals surface area contributed by atoms with Crippen LogP contribution in [0.15, 0.2) is 18.2 Å². The third kappa shape index (κ3) is 2.58. The summed E-state index contributed by atoms with van der Waals surface area (Å²) in [6.07, 6.45) is 2.78. The van der Waals surface area contributed by atoms with E-state index in [9.17, 15) is 4.79 Å². The Morgan fingerprint density at radius 1 is 1.50 bits per heavy atom. The van der Waals surface area contributed by atoms with Crippen LogP contribution < -0.4 is 10.1 Å². The smallest absolute Gasteiger partial charge is 0.328 e. The molecule has 0 radical (unpaired) electrons. The minimum atomic E-state index is -0.291. The Labute approximate surface area is 107 Å². The van der Waals surface area contributed by atoms with E-state index in [-0.39, 0.29) is 12.0 Å². The van der Waals surface area contributed by atoms with Gasteiger partial charge in [0, 0.05) is 17.7 Å². The van der Waals surface area contributed by atoms with Crippen molar-refractivity contribution in [3.05, 3.63) is 23.8 Å². The third-order valence-electron chi connectivity index (χ3n) is 3.11. The van der Waals surface area contributed by atoms with Crippen molar-refractivity contribution in [2.75, 3.05) is 19.0 Å². The van der Waals surface area contributed by atoms with E-state index >= 15 is 0 Å². The standard InChI is InChI=1S/C14H19NO3/c1-3-4-8-18-13-7-5-6-11-10(13)9-12(15-11)14(16)17-2/h5-7,12,15H,3-4,8-9H2,1-2H3. The van der Waals surface area contributed by atoms with Crippen LogP contribution >= 0.6 is 0 Å². The molecule has 1 unspecified atom stereocenters. The summed E-state index contributed by atoms with van der Waals surface area (Å²) in [5.41, 5.74) is 2.04. The number of carbonyl (C=O) groups is 1. The van der Waals surface area contributed by atoms with Crippen molar-refractivity contribution in [2.24, 2.45) is 0 Å². The molecule has 1 aromatic carbocycles. The van der Waals surface area contributed by atoms with E-state index in [1.54, 1.807) is 0 Å². The number of nitrogens with one attached hydrogen (secondary N) is 1. The van der Waals surface area contributed by atoms with E-state index < -0.39 is 0 Å². The van der Waals surface area contributed by atoms with E-state index in [4.69, 9.17) is 9.47 Å². The summed E-state index contributed by atoms with van der Waals surface area (Å²) in [5.74, 6) is 0.644. The van der Waals surface area contributed by atoms with Crippen LogP contribution in [0.4, 0.5) is 5.69 Å². The largest absolute Gasteiger partial charge is 0.493 e. The van der Waals surface area contributed by atoms with E-state index in [0.717, 1.165) is 36.4 Å². The van der Waals surface area contributed by atoms with Gasteiger partial charge in [0.05, 0.1) is 13.7 Å². The molecule has 0 fully saturated rings. The lowest BCUT2D eigenvalue weighted by atomic mass is 10.1. The first-order valence-electron chi connectivity index (χ1n) is 6.35. The summed E-state index contributed by atoms with van der Waals surface area (Å²) >= 11 is 0. The molecule has 0 aliphatic carbocycles. The van der Waals surface area contributed by atoms with Crippen molar-refractivity contribution in [1.82, 2.24) is 0 Å². The Balaban J connectivity index is 2.09. The highest BCUT2D eigenvalue weighted by atomic mass is 16.5. The van der Waals surface area contributed by atoms with Gasteiger partial charge >= 0.3 is 5.97 Å². The number of ether oxygens (including phenoxy) is 2. The molecule has 1 aliphatic heterocycles. The number of benzene rings is 1. The Morgan fingerprint density at radius 3 is 3.06 bits per heavy atom. The van der Waals surface area contributed by atoms with Crippen LogP contribution in [0.25, 0.3) is 0 Å². The van der Waals surface area contributed by atoms with E-state index in [1.165, 1.54) is 7.11 Å². The lowest BCUT2D eigenvalue weighted by Gasteiger charge is -2.09. The molecule has 0 bridgehead atoms. The van der Waals surface area contributed by atoms with Crippen molar-refractivity contribution in [3.8, 4) is 5.75 Å². The van der Waals surface area contributed by atoms with E-state index in [1.807, 2.05) is 18.2 Å². The zero-order chi connectivity index (χ0) is 13.0. The molecule has 0 spiro atoms. The van der Waals surface area contributed by atoms with Gasteiger partial charge in [-0.05, 0) is 18.6 Å². The zero-order valence-electron chi connectivity index (χ0n) is 10.9. The highest BCUT2D eigenvalue weighted by Gasteiger charge is 2.29. The van der Waals surface area contributed by atoms with Gasteiger partial charge in [0.2, 0.25) is 0 Å². The SMILES string of the molecule is CCCCOc1cccc2c1CC(C(=O)OC)N2. The van der Waals surface area contributed by atoms with Crippen molar-refractivity contribution in [2.45, 2.75) is 32.2 Å². The summed E-state index contributed by atoms with van der Waals surface area (Å²) in [5, 5.41) is 3.16. The number of unbranched alkanes of at least 4 members (excludes halogenated alkanes) is 1. The molecular weight excluding hydrogens is 230 g/mol. The molecule has 1 N–H and O–H groups in total. The highest BCUT2D eigenvalue weighted by Crippen LogP contribution is 2.34. The van der Waals surface area contributed by atoms with Gasteiger partial charge < -0.3 is 14.8 Å². The lowest BCUT2D eigenvalue weighted by Crippen LogP contribution is -2.27. The van der Waals surface area contributed by atoms with Gasteiger partial charge in [-0.15, -0.1) is 0 Å². The number of carbonyl (C=O) groups excluding carboxylic acids is 1.